The first-order chi connectivity index (χ1) is 4.29. The Bertz CT molecular complexity index is 157. The van der Waals surface area contributed by atoms with Crippen molar-refractivity contribution in [1.29, 1.82) is 0 Å². The average molecular weight is 127 g/mol. The predicted molar refractivity (Wildman–Crippen MR) is 30.8 cm³/mol. The molecule has 0 aromatic heterocycles. The van der Waals surface area contributed by atoms with Gasteiger partial charge in [-0.05, 0) is 0 Å². The van der Waals surface area contributed by atoms with E-state index in [1.807, 2.05) is 6.92 Å². The Morgan fingerprint density at radius 1 is 1.78 bits per heavy atom. The molecule has 0 saturated carbocycles. The summed E-state index contributed by atoms with van der Waals surface area (Å²) in [6, 6.07) is -0.00463. The molecule has 0 radical (unpaired) electrons. The van der Waals surface area contributed by atoms with E-state index in [4.69, 9.17) is 4.74 Å². The fraction of sp³-hybridized carbons (Fsp3) is 0.833. The van der Waals surface area contributed by atoms with Crippen molar-refractivity contribution < 1.29 is 9.53 Å². The summed E-state index contributed by atoms with van der Waals surface area (Å²) in [5.74, 6) is 0.316. The molecule has 3 nitrogen and oxygen atoms in total. The Morgan fingerprint density at radius 2 is 2.56 bits per heavy atom. The highest BCUT2D eigenvalue weighted by atomic mass is 16.6. The van der Waals surface area contributed by atoms with E-state index in [0.29, 0.717) is 5.92 Å². The molecule has 3 unspecified atom stereocenters. The van der Waals surface area contributed by atoms with Gasteiger partial charge in [-0.3, -0.25) is 4.79 Å². The maximum absolute atomic E-state index is 10.8. The summed E-state index contributed by atoms with van der Waals surface area (Å²) in [5.41, 5.74) is 0. The SMILES string of the molecule is CC1C2CNC1C(=O)O2. The summed E-state index contributed by atoms with van der Waals surface area (Å²) >= 11 is 0. The zero-order chi connectivity index (χ0) is 6.43. The largest absolute Gasteiger partial charge is 0.459 e. The van der Waals surface area contributed by atoms with Gasteiger partial charge in [0.2, 0.25) is 0 Å². The van der Waals surface area contributed by atoms with E-state index >= 15 is 0 Å². The van der Waals surface area contributed by atoms with Crippen LogP contribution in [-0.4, -0.2) is 24.7 Å². The highest BCUT2D eigenvalue weighted by Crippen LogP contribution is 2.26. The van der Waals surface area contributed by atoms with Crippen LogP contribution in [0.2, 0.25) is 0 Å². The highest BCUT2D eigenvalue weighted by molar-refractivity contribution is 5.79. The standard InChI is InChI=1S/C6H9NO2/c1-3-4-2-7-5(3)6(8)9-4/h3-5,7H,2H2,1H3. The van der Waals surface area contributed by atoms with Gasteiger partial charge in [0.25, 0.3) is 0 Å². The van der Waals surface area contributed by atoms with Crippen molar-refractivity contribution in [2.45, 2.75) is 19.1 Å². The van der Waals surface area contributed by atoms with Crippen molar-refractivity contribution in [3.63, 3.8) is 0 Å². The summed E-state index contributed by atoms with van der Waals surface area (Å²) in [4.78, 5) is 10.8. The number of ether oxygens (including phenoxy) is 1. The van der Waals surface area contributed by atoms with Gasteiger partial charge >= 0.3 is 5.97 Å². The van der Waals surface area contributed by atoms with Gasteiger partial charge in [-0.1, -0.05) is 6.92 Å². The first-order valence-corrected chi connectivity index (χ1v) is 3.23. The predicted octanol–water partition coefficient (Wildman–Crippen LogP) is -0.480. The van der Waals surface area contributed by atoms with E-state index in [9.17, 15) is 4.79 Å². The first-order valence-electron chi connectivity index (χ1n) is 3.23. The van der Waals surface area contributed by atoms with Gasteiger partial charge in [-0.25, -0.2) is 0 Å². The molecule has 9 heavy (non-hydrogen) atoms. The van der Waals surface area contributed by atoms with Crippen LogP contribution in [0.3, 0.4) is 0 Å². The van der Waals surface area contributed by atoms with Crippen LogP contribution in [0.25, 0.3) is 0 Å². The number of fused-ring (bicyclic) bond motifs is 2. The molecule has 1 N–H and O–H groups in total. The lowest BCUT2D eigenvalue weighted by atomic mass is 10.1. The minimum Gasteiger partial charge on any atom is -0.459 e. The second-order valence-corrected chi connectivity index (χ2v) is 2.72. The summed E-state index contributed by atoms with van der Waals surface area (Å²) in [5, 5.41) is 3.08. The first kappa shape index (κ1) is 5.23. The zero-order valence-corrected chi connectivity index (χ0v) is 5.26. The van der Waals surface area contributed by atoms with Gasteiger partial charge in [0.05, 0.1) is 0 Å². The molecule has 0 amide bonds. The molecule has 2 aliphatic heterocycles. The molecule has 2 rings (SSSR count). The molecule has 2 aliphatic rings. The number of carbonyl (C=O) groups excluding carboxylic acids is 1. The molecule has 3 heteroatoms. The van der Waals surface area contributed by atoms with Crippen molar-refractivity contribution in [3.05, 3.63) is 0 Å². The van der Waals surface area contributed by atoms with Gasteiger partial charge in [0, 0.05) is 12.5 Å². The highest BCUT2D eigenvalue weighted by Gasteiger charge is 2.46. The lowest BCUT2D eigenvalue weighted by Gasteiger charge is -2.09. The summed E-state index contributed by atoms with van der Waals surface area (Å²) < 4.78 is 4.97. The molecule has 2 bridgehead atoms. The van der Waals surface area contributed by atoms with E-state index in [-0.39, 0.29) is 18.1 Å². The maximum Gasteiger partial charge on any atom is 0.323 e. The van der Waals surface area contributed by atoms with Crippen LogP contribution in [-0.2, 0) is 9.53 Å². The van der Waals surface area contributed by atoms with Crippen molar-refractivity contribution in [1.82, 2.24) is 5.32 Å². The van der Waals surface area contributed by atoms with Gasteiger partial charge in [0.15, 0.2) is 0 Å². The summed E-state index contributed by atoms with van der Waals surface area (Å²) in [6.45, 7) is 2.89. The van der Waals surface area contributed by atoms with Crippen LogP contribution in [0, 0.1) is 5.92 Å². The second-order valence-electron chi connectivity index (χ2n) is 2.72. The number of nitrogens with one attached hydrogen (secondary N) is 1. The summed E-state index contributed by atoms with van der Waals surface area (Å²) in [7, 11) is 0. The Hall–Kier alpha value is -0.570. The van der Waals surface area contributed by atoms with Crippen LogP contribution >= 0.6 is 0 Å². The normalized spacial score (nSPS) is 47.7. The number of esters is 1. The van der Waals surface area contributed by atoms with Crippen molar-refractivity contribution in [2.24, 2.45) is 5.92 Å². The van der Waals surface area contributed by atoms with Gasteiger partial charge in [-0.2, -0.15) is 0 Å². The van der Waals surface area contributed by atoms with Crippen LogP contribution in [0.5, 0.6) is 0 Å². The molecule has 0 aromatic rings. The Kier molecular flexibility index (Phi) is 0.858. The van der Waals surface area contributed by atoms with E-state index in [0.717, 1.165) is 6.54 Å². The quantitative estimate of drug-likeness (QED) is 0.447. The Morgan fingerprint density at radius 3 is 2.78 bits per heavy atom. The fourth-order valence-electron chi connectivity index (χ4n) is 1.50. The lowest BCUT2D eigenvalue weighted by Crippen LogP contribution is -2.36. The third-order valence-electron chi connectivity index (χ3n) is 2.17. The second kappa shape index (κ2) is 1.48. The lowest BCUT2D eigenvalue weighted by molar-refractivity contribution is -0.145. The van der Waals surface area contributed by atoms with Gasteiger partial charge in [-0.15, -0.1) is 0 Å². The Labute approximate surface area is 53.4 Å². The molecule has 3 atom stereocenters. The number of rotatable bonds is 0. The third kappa shape index (κ3) is 0.525. The van der Waals surface area contributed by atoms with Crippen LogP contribution < -0.4 is 5.32 Å². The molecular weight excluding hydrogens is 118 g/mol. The summed E-state index contributed by atoms with van der Waals surface area (Å²) in [6.07, 6.45) is 0.155. The zero-order valence-electron chi connectivity index (χ0n) is 5.26. The van der Waals surface area contributed by atoms with Crippen molar-refractivity contribution in [2.75, 3.05) is 6.54 Å². The minimum absolute atomic E-state index is 0.00463. The monoisotopic (exact) mass is 127 g/mol. The molecule has 0 aromatic carbocycles. The number of carbonyl (C=O) groups is 1. The molecule has 50 valence electrons. The Balaban J connectivity index is 2.26. The van der Waals surface area contributed by atoms with E-state index < -0.39 is 0 Å². The molecule has 0 spiro atoms. The molecule has 2 heterocycles. The minimum atomic E-state index is -0.0706. The van der Waals surface area contributed by atoms with Crippen LogP contribution in [0.4, 0.5) is 0 Å². The number of hydrogen-bond acceptors (Lipinski definition) is 3. The number of hydrogen-bond donors (Lipinski definition) is 1. The van der Waals surface area contributed by atoms with E-state index in [1.54, 1.807) is 0 Å². The van der Waals surface area contributed by atoms with Crippen molar-refractivity contribution >= 4 is 5.97 Å². The van der Waals surface area contributed by atoms with E-state index in [2.05, 4.69) is 5.32 Å². The average Bonchev–Trinajstić information content (AvgIpc) is 2.25. The maximum atomic E-state index is 10.8. The topological polar surface area (TPSA) is 38.3 Å². The molecular formula is C6H9NO2. The van der Waals surface area contributed by atoms with Crippen molar-refractivity contribution in [3.8, 4) is 0 Å². The molecule has 2 fully saturated rings. The van der Waals surface area contributed by atoms with Crippen LogP contribution in [0.1, 0.15) is 6.92 Å². The smallest absolute Gasteiger partial charge is 0.323 e. The van der Waals surface area contributed by atoms with Gasteiger partial charge < -0.3 is 10.1 Å². The van der Waals surface area contributed by atoms with Gasteiger partial charge in [0.1, 0.15) is 12.1 Å². The molecule has 2 saturated heterocycles. The van der Waals surface area contributed by atoms with Crippen LogP contribution in [0.15, 0.2) is 0 Å². The fourth-order valence-corrected chi connectivity index (χ4v) is 1.50. The third-order valence-corrected chi connectivity index (χ3v) is 2.17. The van der Waals surface area contributed by atoms with E-state index in [1.165, 1.54) is 0 Å². The number of morpholine rings is 1. The molecule has 0 aliphatic carbocycles.